The van der Waals surface area contributed by atoms with Crippen molar-refractivity contribution in [1.29, 1.82) is 0 Å². The molecule has 2 heterocycles. The molecule has 1 aliphatic heterocycles. The third-order valence-electron chi connectivity index (χ3n) is 3.99. The number of sulfonamides is 1. The monoisotopic (exact) mass is 322 g/mol. The molecule has 8 nitrogen and oxygen atoms in total. The Morgan fingerprint density at radius 1 is 1.27 bits per heavy atom. The van der Waals surface area contributed by atoms with Crippen molar-refractivity contribution in [3.8, 4) is 0 Å². The van der Waals surface area contributed by atoms with Crippen LogP contribution in [0, 0.1) is 6.92 Å². The van der Waals surface area contributed by atoms with Gasteiger partial charge in [0, 0.05) is 19.6 Å². The number of H-pyrrole nitrogens is 1. The van der Waals surface area contributed by atoms with Crippen molar-refractivity contribution in [2.75, 3.05) is 13.6 Å². The Balaban J connectivity index is 1.76. The summed E-state index contributed by atoms with van der Waals surface area (Å²) >= 11 is 0. The molecule has 2 N–H and O–H groups in total. The molecule has 3 rings (SSSR count). The number of likely N-dealkylation sites (N-methyl/N-ethyl adjacent to an activating group) is 1. The quantitative estimate of drug-likeness (QED) is 0.835. The van der Waals surface area contributed by atoms with Crippen molar-refractivity contribution in [2.45, 2.75) is 30.3 Å². The molecule has 2 atom stereocenters. The number of rotatable bonds is 4. The first-order valence-corrected chi connectivity index (χ1v) is 8.44. The number of tetrazole rings is 1. The van der Waals surface area contributed by atoms with Gasteiger partial charge in [-0.2, -0.15) is 9.52 Å². The molecule has 0 saturated carbocycles. The first-order chi connectivity index (χ1) is 10.5. The minimum atomic E-state index is -3.50. The fourth-order valence-electron chi connectivity index (χ4n) is 2.58. The van der Waals surface area contributed by atoms with Crippen LogP contribution in [-0.2, 0) is 10.0 Å². The molecule has 1 saturated heterocycles. The van der Waals surface area contributed by atoms with E-state index in [4.69, 9.17) is 0 Å². The normalized spacial score (nSPS) is 22.3. The number of nitrogens with one attached hydrogen (secondary N) is 2. The van der Waals surface area contributed by atoms with Gasteiger partial charge in [0.25, 0.3) is 0 Å². The van der Waals surface area contributed by atoms with E-state index in [0.29, 0.717) is 23.7 Å². The van der Waals surface area contributed by atoms with Crippen LogP contribution in [-0.4, -0.2) is 53.0 Å². The van der Waals surface area contributed by atoms with Crippen molar-refractivity contribution in [1.82, 2.24) is 30.2 Å². The number of hydrogen-bond donors (Lipinski definition) is 2. The van der Waals surface area contributed by atoms with Gasteiger partial charge >= 0.3 is 0 Å². The largest absolute Gasteiger partial charge is 0.306 e. The molecule has 118 valence electrons. The van der Waals surface area contributed by atoms with E-state index in [1.54, 1.807) is 31.3 Å². The van der Waals surface area contributed by atoms with Gasteiger partial charge in [0.15, 0.2) is 5.82 Å². The van der Waals surface area contributed by atoms with Gasteiger partial charge in [-0.25, -0.2) is 8.42 Å². The van der Waals surface area contributed by atoms with Crippen molar-refractivity contribution in [3.63, 3.8) is 0 Å². The third kappa shape index (κ3) is 2.74. The Kier molecular flexibility index (Phi) is 3.94. The topological polar surface area (TPSA) is 104 Å². The van der Waals surface area contributed by atoms with Gasteiger partial charge in [-0.1, -0.05) is 22.9 Å². The lowest BCUT2D eigenvalue weighted by molar-refractivity contribution is 0.382. The minimum Gasteiger partial charge on any atom is -0.306 e. The van der Waals surface area contributed by atoms with Gasteiger partial charge in [-0.15, -0.1) is 10.2 Å². The molecule has 0 unspecified atom stereocenters. The van der Waals surface area contributed by atoms with Crippen LogP contribution in [0.3, 0.4) is 0 Å². The molecule has 9 heteroatoms. The van der Waals surface area contributed by atoms with Crippen molar-refractivity contribution in [2.24, 2.45) is 0 Å². The van der Waals surface area contributed by atoms with Crippen molar-refractivity contribution < 1.29 is 8.42 Å². The van der Waals surface area contributed by atoms with Gasteiger partial charge in [-0.3, -0.25) is 0 Å². The average molecular weight is 322 g/mol. The molecule has 1 aromatic carbocycles. The van der Waals surface area contributed by atoms with Crippen LogP contribution < -0.4 is 5.32 Å². The standard InChI is InChI=1S/C13H18N6O2S/c1-9-3-5-11(6-4-9)22(20,21)19(2)10-7-12(14-8-10)13-15-17-18-16-13/h3-6,10,12,14H,7-8H2,1-2H3,(H,15,16,17,18)/t10-,12+/m0/s1. The summed E-state index contributed by atoms with van der Waals surface area (Å²) in [6.45, 7) is 2.48. The summed E-state index contributed by atoms with van der Waals surface area (Å²) in [5.74, 6) is 0.559. The van der Waals surface area contributed by atoms with E-state index in [2.05, 4.69) is 25.9 Å². The highest BCUT2D eigenvalue weighted by atomic mass is 32.2. The molecule has 0 amide bonds. The van der Waals surface area contributed by atoms with E-state index in [1.807, 2.05) is 6.92 Å². The van der Waals surface area contributed by atoms with Crippen molar-refractivity contribution >= 4 is 10.0 Å². The Bertz CT molecular complexity index is 728. The molecule has 2 aromatic rings. The summed E-state index contributed by atoms with van der Waals surface area (Å²) in [6, 6.07) is 6.65. The van der Waals surface area contributed by atoms with Crippen LogP contribution in [0.2, 0.25) is 0 Å². The van der Waals surface area contributed by atoms with Crippen LogP contribution in [0.4, 0.5) is 0 Å². The Morgan fingerprint density at radius 3 is 2.64 bits per heavy atom. The smallest absolute Gasteiger partial charge is 0.243 e. The number of aryl methyl sites for hydroxylation is 1. The zero-order valence-electron chi connectivity index (χ0n) is 12.4. The second-order valence-corrected chi connectivity index (χ2v) is 7.45. The summed E-state index contributed by atoms with van der Waals surface area (Å²) < 4.78 is 26.8. The van der Waals surface area contributed by atoms with Gasteiger partial charge in [-0.05, 0) is 25.5 Å². The summed E-state index contributed by atoms with van der Waals surface area (Å²) in [5.41, 5.74) is 1.03. The molecule has 1 aromatic heterocycles. The SMILES string of the molecule is Cc1ccc(S(=O)(=O)N(C)[C@@H]2CN[C@@H](c3nn[nH]n3)C2)cc1. The summed E-state index contributed by atoms with van der Waals surface area (Å²) in [7, 11) is -1.89. The molecule has 0 radical (unpaired) electrons. The molecular formula is C13H18N6O2S. The lowest BCUT2D eigenvalue weighted by atomic mass is 10.2. The van der Waals surface area contributed by atoms with E-state index in [9.17, 15) is 8.42 Å². The minimum absolute atomic E-state index is 0.0839. The van der Waals surface area contributed by atoms with Crippen molar-refractivity contribution in [3.05, 3.63) is 35.7 Å². The van der Waals surface area contributed by atoms with Crippen LogP contribution >= 0.6 is 0 Å². The Morgan fingerprint density at radius 2 is 2.00 bits per heavy atom. The van der Waals surface area contributed by atoms with Crippen LogP contribution in [0.25, 0.3) is 0 Å². The number of nitrogens with zero attached hydrogens (tertiary/aromatic N) is 4. The highest BCUT2D eigenvalue weighted by Crippen LogP contribution is 2.26. The molecule has 22 heavy (non-hydrogen) atoms. The van der Waals surface area contributed by atoms with Gasteiger partial charge < -0.3 is 5.32 Å². The average Bonchev–Trinajstić information content (AvgIpc) is 3.18. The number of aromatic amines is 1. The predicted molar refractivity (Wildman–Crippen MR) is 79.5 cm³/mol. The number of hydrogen-bond acceptors (Lipinski definition) is 6. The summed E-state index contributed by atoms with van der Waals surface area (Å²) in [6.07, 6.45) is 0.612. The molecule has 0 spiro atoms. The highest BCUT2D eigenvalue weighted by molar-refractivity contribution is 7.89. The first kappa shape index (κ1) is 15.1. The van der Waals surface area contributed by atoms with Gasteiger partial charge in [0.05, 0.1) is 10.9 Å². The van der Waals surface area contributed by atoms with E-state index < -0.39 is 10.0 Å². The van der Waals surface area contributed by atoms with Gasteiger partial charge in [0.2, 0.25) is 10.0 Å². The van der Waals surface area contributed by atoms with Crippen LogP contribution in [0.5, 0.6) is 0 Å². The number of aromatic nitrogens is 4. The van der Waals surface area contributed by atoms with Crippen LogP contribution in [0.15, 0.2) is 29.2 Å². The highest BCUT2D eigenvalue weighted by Gasteiger charge is 2.35. The lowest BCUT2D eigenvalue weighted by Crippen LogP contribution is -2.38. The fourth-order valence-corrected chi connectivity index (χ4v) is 3.95. The zero-order chi connectivity index (χ0) is 15.7. The number of benzene rings is 1. The second-order valence-electron chi connectivity index (χ2n) is 5.45. The van der Waals surface area contributed by atoms with Gasteiger partial charge in [0.1, 0.15) is 0 Å². The summed E-state index contributed by atoms with van der Waals surface area (Å²) in [4.78, 5) is 0.309. The second kappa shape index (κ2) is 5.75. The molecule has 1 aliphatic rings. The van der Waals surface area contributed by atoms with E-state index >= 15 is 0 Å². The molecular weight excluding hydrogens is 304 g/mol. The maximum atomic E-state index is 12.7. The van der Waals surface area contributed by atoms with E-state index in [-0.39, 0.29) is 12.1 Å². The third-order valence-corrected chi connectivity index (χ3v) is 5.92. The maximum absolute atomic E-state index is 12.7. The Labute approximate surface area is 129 Å². The molecule has 0 aliphatic carbocycles. The zero-order valence-corrected chi connectivity index (χ0v) is 13.2. The van der Waals surface area contributed by atoms with E-state index in [0.717, 1.165) is 5.56 Å². The first-order valence-electron chi connectivity index (χ1n) is 7.00. The predicted octanol–water partition coefficient (Wildman–Crippen LogP) is 0.232. The van der Waals surface area contributed by atoms with Crippen LogP contribution in [0.1, 0.15) is 23.9 Å². The summed E-state index contributed by atoms with van der Waals surface area (Å²) in [5, 5.41) is 17.1. The molecule has 0 bridgehead atoms. The lowest BCUT2D eigenvalue weighted by Gasteiger charge is -2.23. The van der Waals surface area contributed by atoms with E-state index in [1.165, 1.54) is 4.31 Å². The fraction of sp³-hybridized carbons (Fsp3) is 0.462. The molecule has 1 fully saturated rings. The maximum Gasteiger partial charge on any atom is 0.243 e. The Hall–Kier alpha value is -1.84.